The van der Waals surface area contributed by atoms with Crippen molar-refractivity contribution in [2.75, 3.05) is 18.9 Å². The summed E-state index contributed by atoms with van der Waals surface area (Å²) in [6, 6.07) is 4.32. The van der Waals surface area contributed by atoms with Crippen LogP contribution in [0.4, 0.5) is 5.69 Å². The monoisotopic (exact) mass is 296 g/mol. The van der Waals surface area contributed by atoms with Crippen LogP contribution in [-0.2, 0) is 9.53 Å². The highest BCUT2D eigenvalue weighted by Gasteiger charge is 2.21. The Morgan fingerprint density at radius 2 is 2.05 bits per heavy atom. The Labute approximate surface area is 122 Å². The van der Waals surface area contributed by atoms with Gasteiger partial charge in [-0.3, -0.25) is 4.79 Å². The number of esters is 1. The first kappa shape index (κ1) is 16.9. The SMILES string of the molecule is CCOC(=O)c1cc(C(O)C(O)CNC(C)=O)ccc1N. The fraction of sp³-hybridized carbons (Fsp3) is 0.429. The zero-order valence-electron chi connectivity index (χ0n) is 12.0. The topological polar surface area (TPSA) is 122 Å². The van der Waals surface area contributed by atoms with Crippen molar-refractivity contribution in [2.45, 2.75) is 26.1 Å². The van der Waals surface area contributed by atoms with Gasteiger partial charge in [-0.1, -0.05) is 6.07 Å². The molecule has 2 unspecified atom stereocenters. The van der Waals surface area contributed by atoms with Crippen LogP contribution >= 0.6 is 0 Å². The van der Waals surface area contributed by atoms with Crippen molar-refractivity contribution in [2.24, 2.45) is 0 Å². The predicted octanol–water partition coefficient (Wildman–Crippen LogP) is -0.0241. The lowest BCUT2D eigenvalue weighted by Gasteiger charge is -2.19. The number of aliphatic hydroxyl groups is 2. The molecule has 0 bridgehead atoms. The summed E-state index contributed by atoms with van der Waals surface area (Å²) in [6.45, 7) is 3.08. The van der Waals surface area contributed by atoms with E-state index in [2.05, 4.69) is 5.32 Å². The quantitative estimate of drug-likeness (QED) is 0.432. The second-order valence-electron chi connectivity index (χ2n) is 4.52. The summed E-state index contributed by atoms with van der Waals surface area (Å²) in [6.07, 6.45) is -2.46. The van der Waals surface area contributed by atoms with E-state index in [-0.39, 0.29) is 30.3 Å². The molecular weight excluding hydrogens is 276 g/mol. The van der Waals surface area contributed by atoms with E-state index in [0.29, 0.717) is 5.56 Å². The number of nitrogen functional groups attached to an aromatic ring is 1. The van der Waals surface area contributed by atoms with Crippen LogP contribution in [-0.4, -0.2) is 41.3 Å². The number of benzene rings is 1. The third-order valence-electron chi connectivity index (χ3n) is 2.84. The van der Waals surface area contributed by atoms with Crippen molar-refractivity contribution in [3.05, 3.63) is 29.3 Å². The molecule has 0 aliphatic carbocycles. The highest BCUT2D eigenvalue weighted by atomic mass is 16.5. The lowest BCUT2D eigenvalue weighted by molar-refractivity contribution is -0.119. The molecule has 0 saturated heterocycles. The largest absolute Gasteiger partial charge is 0.462 e. The molecule has 1 aromatic carbocycles. The summed E-state index contributed by atoms with van der Waals surface area (Å²) in [7, 11) is 0. The van der Waals surface area contributed by atoms with Gasteiger partial charge in [-0.15, -0.1) is 0 Å². The lowest BCUT2D eigenvalue weighted by atomic mass is 10.0. The first-order chi connectivity index (χ1) is 9.86. The summed E-state index contributed by atoms with van der Waals surface area (Å²) in [5.74, 6) is -0.911. The molecule has 0 fully saturated rings. The van der Waals surface area contributed by atoms with Gasteiger partial charge in [0.15, 0.2) is 0 Å². The third kappa shape index (κ3) is 4.73. The molecule has 0 aromatic heterocycles. The van der Waals surface area contributed by atoms with Gasteiger partial charge in [0, 0.05) is 19.2 Å². The summed E-state index contributed by atoms with van der Waals surface area (Å²) >= 11 is 0. The molecule has 0 radical (unpaired) electrons. The molecule has 21 heavy (non-hydrogen) atoms. The number of hydrogen-bond acceptors (Lipinski definition) is 6. The van der Waals surface area contributed by atoms with Gasteiger partial charge in [-0.25, -0.2) is 4.79 Å². The maximum atomic E-state index is 11.7. The van der Waals surface area contributed by atoms with E-state index in [9.17, 15) is 19.8 Å². The van der Waals surface area contributed by atoms with Crippen molar-refractivity contribution in [1.29, 1.82) is 0 Å². The first-order valence-corrected chi connectivity index (χ1v) is 6.54. The Kier molecular flexibility index (Phi) is 6.13. The van der Waals surface area contributed by atoms with E-state index in [0.717, 1.165) is 0 Å². The summed E-state index contributed by atoms with van der Waals surface area (Å²) in [5, 5.41) is 22.2. The second-order valence-corrected chi connectivity index (χ2v) is 4.52. The van der Waals surface area contributed by atoms with Gasteiger partial charge in [-0.2, -0.15) is 0 Å². The molecule has 0 aliphatic heterocycles. The molecule has 2 atom stereocenters. The van der Waals surface area contributed by atoms with Gasteiger partial charge in [0.05, 0.1) is 12.2 Å². The molecule has 116 valence electrons. The fourth-order valence-electron chi connectivity index (χ4n) is 1.73. The van der Waals surface area contributed by atoms with Gasteiger partial charge < -0.3 is 26.0 Å². The first-order valence-electron chi connectivity index (χ1n) is 6.54. The maximum absolute atomic E-state index is 11.7. The number of aliphatic hydroxyl groups excluding tert-OH is 2. The number of hydrogen-bond donors (Lipinski definition) is 4. The van der Waals surface area contributed by atoms with E-state index >= 15 is 0 Å². The van der Waals surface area contributed by atoms with Crippen molar-refractivity contribution in [3.63, 3.8) is 0 Å². The average molecular weight is 296 g/mol. The molecule has 1 rings (SSSR count). The van der Waals surface area contributed by atoms with Gasteiger partial charge in [0.2, 0.25) is 5.91 Å². The molecule has 0 aliphatic rings. The number of anilines is 1. The second kappa shape index (κ2) is 7.61. The molecule has 1 amide bonds. The van der Waals surface area contributed by atoms with Crippen LogP contribution in [0.15, 0.2) is 18.2 Å². The van der Waals surface area contributed by atoms with Crippen LogP contribution in [0.25, 0.3) is 0 Å². The summed E-state index contributed by atoms with van der Waals surface area (Å²) < 4.78 is 4.86. The molecule has 7 nitrogen and oxygen atoms in total. The Balaban J connectivity index is 2.90. The molecule has 5 N–H and O–H groups in total. The highest BCUT2D eigenvalue weighted by molar-refractivity contribution is 5.95. The molecular formula is C14H20N2O5. The predicted molar refractivity (Wildman–Crippen MR) is 76.5 cm³/mol. The van der Waals surface area contributed by atoms with Gasteiger partial charge in [0.1, 0.15) is 12.2 Å². The van der Waals surface area contributed by atoms with Crippen molar-refractivity contribution in [1.82, 2.24) is 5.32 Å². The van der Waals surface area contributed by atoms with E-state index in [1.165, 1.54) is 25.1 Å². The molecule has 0 spiro atoms. The smallest absolute Gasteiger partial charge is 0.340 e. The van der Waals surface area contributed by atoms with Crippen LogP contribution in [0.2, 0.25) is 0 Å². The molecule has 0 saturated carbocycles. The van der Waals surface area contributed by atoms with Crippen molar-refractivity contribution >= 4 is 17.6 Å². The zero-order valence-corrected chi connectivity index (χ0v) is 12.0. The minimum atomic E-state index is -1.26. The van der Waals surface area contributed by atoms with Gasteiger partial charge >= 0.3 is 5.97 Å². The standard InChI is InChI=1S/C14H20N2O5/c1-3-21-14(20)10-6-9(4-5-11(10)15)13(19)12(18)7-16-8(2)17/h4-6,12-13,18-19H,3,7,15H2,1-2H3,(H,16,17). The third-order valence-corrected chi connectivity index (χ3v) is 2.84. The Morgan fingerprint density at radius 1 is 1.38 bits per heavy atom. The normalized spacial score (nSPS) is 13.3. The maximum Gasteiger partial charge on any atom is 0.340 e. The van der Waals surface area contributed by atoms with Crippen molar-refractivity contribution in [3.8, 4) is 0 Å². The van der Waals surface area contributed by atoms with Crippen LogP contribution in [0, 0.1) is 0 Å². The zero-order chi connectivity index (χ0) is 16.0. The average Bonchev–Trinajstić information content (AvgIpc) is 2.44. The number of nitrogens with one attached hydrogen (secondary N) is 1. The molecule has 1 aromatic rings. The number of ether oxygens (including phenoxy) is 1. The van der Waals surface area contributed by atoms with E-state index in [1.54, 1.807) is 6.92 Å². The van der Waals surface area contributed by atoms with Crippen LogP contribution < -0.4 is 11.1 Å². The lowest BCUT2D eigenvalue weighted by Crippen LogP contribution is -2.34. The number of carbonyl (C=O) groups excluding carboxylic acids is 2. The molecule has 0 heterocycles. The summed E-state index contributed by atoms with van der Waals surface area (Å²) in [4.78, 5) is 22.5. The van der Waals surface area contributed by atoms with E-state index in [4.69, 9.17) is 10.5 Å². The van der Waals surface area contributed by atoms with Crippen LogP contribution in [0.5, 0.6) is 0 Å². The van der Waals surface area contributed by atoms with Gasteiger partial charge in [0.25, 0.3) is 0 Å². The fourth-order valence-corrected chi connectivity index (χ4v) is 1.73. The van der Waals surface area contributed by atoms with Crippen molar-refractivity contribution < 1.29 is 24.5 Å². The minimum Gasteiger partial charge on any atom is -0.462 e. The number of carbonyl (C=O) groups is 2. The Bertz CT molecular complexity index is 518. The Morgan fingerprint density at radius 3 is 2.62 bits per heavy atom. The van der Waals surface area contributed by atoms with Crippen LogP contribution in [0.1, 0.15) is 35.9 Å². The number of rotatable bonds is 6. The van der Waals surface area contributed by atoms with Gasteiger partial charge in [-0.05, 0) is 24.6 Å². The number of amides is 1. The number of nitrogens with two attached hydrogens (primary N) is 1. The summed E-state index contributed by atoms with van der Waals surface area (Å²) in [5.41, 5.74) is 6.35. The highest BCUT2D eigenvalue weighted by Crippen LogP contribution is 2.22. The Hall–Kier alpha value is -2.12. The minimum absolute atomic E-state index is 0.102. The molecule has 7 heteroatoms. The van der Waals surface area contributed by atoms with E-state index < -0.39 is 18.2 Å². The van der Waals surface area contributed by atoms with Crippen LogP contribution in [0.3, 0.4) is 0 Å². The van der Waals surface area contributed by atoms with E-state index in [1.807, 2.05) is 0 Å².